The molecule has 2 aromatic heterocycles. The first-order valence-corrected chi connectivity index (χ1v) is 5.97. The second-order valence-corrected chi connectivity index (χ2v) is 4.56. The van der Waals surface area contributed by atoms with Crippen LogP contribution in [0, 0.1) is 0 Å². The quantitative estimate of drug-likeness (QED) is 0.903. The lowest BCUT2D eigenvalue weighted by Gasteiger charge is -2.16. The molecule has 0 amide bonds. The summed E-state index contributed by atoms with van der Waals surface area (Å²) in [5.41, 5.74) is 1.86. The van der Waals surface area contributed by atoms with E-state index in [0.717, 1.165) is 11.4 Å². The van der Waals surface area contributed by atoms with E-state index < -0.39 is 5.97 Å². The Bertz CT molecular complexity index is 510. The molecule has 0 saturated carbocycles. The molecular formula is C12H12N2O2S. The van der Waals surface area contributed by atoms with Crippen LogP contribution in [0.15, 0.2) is 35.8 Å². The van der Waals surface area contributed by atoms with Gasteiger partial charge in [0, 0.05) is 24.3 Å². The fraction of sp³-hybridized carbons (Fsp3) is 0.167. The van der Waals surface area contributed by atoms with Gasteiger partial charge in [-0.2, -0.15) is 0 Å². The van der Waals surface area contributed by atoms with Crippen molar-refractivity contribution in [2.24, 2.45) is 0 Å². The molecule has 0 unspecified atom stereocenters. The lowest BCUT2D eigenvalue weighted by Crippen LogP contribution is -2.16. The molecular weight excluding hydrogens is 236 g/mol. The summed E-state index contributed by atoms with van der Waals surface area (Å²) in [4.78, 5) is 17.3. The molecule has 0 aliphatic heterocycles. The summed E-state index contributed by atoms with van der Waals surface area (Å²) in [7, 11) is 1.92. The van der Waals surface area contributed by atoms with Crippen molar-refractivity contribution in [3.05, 3.63) is 46.4 Å². The fourth-order valence-corrected chi connectivity index (χ4v) is 2.25. The molecule has 17 heavy (non-hydrogen) atoms. The molecule has 0 radical (unpaired) electrons. The highest BCUT2D eigenvalue weighted by atomic mass is 32.1. The Morgan fingerprint density at radius 3 is 2.94 bits per heavy atom. The van der Waals surface area contributed by atoms with Crippen LogP contribution in [0.25, 0.3) is 0 Å². The van der Waals surface area contributed by atoms with Crippen LogP contribution in [0.3, 0.4) is 0 Å². The maximum atomic E-state index is 10.8. The van der Waals surface area contributed by atoms with Gasteiger partial charge in [0.2, 0.25) is 0 Å². The molecule has 0 atom stereocenters. The Balaban J connectivity index is 2.09. The number of thiophene rings is 1. The van der Waals surface area contributed by atoms with Crippen molar-refractivity contribution in [1.29, 1.82) is 0 Å². The van der Waals surface area contributed by atoms with Crippen molar-refractivity contribution >= 4 is 23.0 Å². The van der Waals surface area contributed by atoms with Crippen molar-refractivity contribution in [3.8, 4) is 0 Å². The van der Waals surface area contributed by atoms with Gasteiger partial charge in [0.25, 0.3) is 0 Å². The molecule has 5 heteroatoms. The molecule has 0 bridgehead atoms. The normalized spacial score (nSPS) is 10.2. The van der Waals surface area contributed by atoms with E-state index in [4.69, 9.17) is 5.11 Å². The van der Waals surface area contributed by atoms with E-state index in [2.05, 4.69) is 4.98 Å². The largest absolute Gasteiger partial charge is 0.477 e. The Hall–Kier alpha value is -1.88. The molecule has 88 valence electrons. The number of nitrogens with zero attached hydrogens (tertiary/aromatic N) is 2. The van der Waals surface area contributed by atoms with E-state index in [1.165, 1.54) is 11.3 Å². The van der Waals surface area contributed by atoms with E-state index in [1.807, 2.05) is 35.5 Å². The van der Waals surface area contributed by atoms with Crippen LogP contribution in [-0.2, 0) is 6.54 Å². The van der Waals surface area contributed by atoms with Crippen molar-refractivity contribution < 1.29 is 9.90 Å². The number of aromatic carboxylic acids is 1. The molecule has 0 aromatic carbocycles. The number of rotatable bonds is 4. The highest BCUT2D eigenvalue weighted by Crippen LogP contribution is 2.23. The van der Waals surface area contributed by atoms with Gasteiger partial charge in [0.1, 0.15) is 4.88 Å². The Morgan fingerprint density at radius 2 is 2.35 bits per heavy atom. The summed E-state index contributed by atoms with van der Waals surface area (Å²) >= 11 is 1.23. The monoisotopic (exact) mass is 248 g/mol. The van der Waals surface area contributed by atoms with Gasteiger partial charge in [-0.05, 0) is 18.2 Å². The third-order valence-corrected chi connectivity index (χ3v) is 3.27. The topological polar surface area (TPSA) is 53.4 Å². The number of hydrogen-bond donors (Lipinski definition) is 1. The van der Waals surface area contributed by atoms with Crippen LogP contribution in [0.4, 0.5) is 5.69 Å². The lowest BCUT2D eigenvalue weighted by atomic mass is 10.3. The molecule has 1 N–H and O–H groups in total. The summed E-state index contributed by atoms with van der Waals surface area (Å²) in [5.74, 6) is -0.882. The maximum Gasteiger partial charge on any atom is 0.345 e. The van der Waals surface area contributed by atoms with E-state index >= 15 is 0 Å². The number of carboxylic acid groups (broad SMARTS) is 1. The highest BCUT2D eigenvalue weighted by Gasteiger charge is 2.10. The molecule has 2 rings (SSSR count). The number of carbonyl (C=O) groups is 1. The van der Waals surface area contributed by atoms with E-state index in [0.29, 0.717) is 11.4 Å². The second-order valence-electron chi connectivity index (χ2n) is 3.65. The van der Waals surface area contributed by atoms with Crippen LogP contribution in [0.1, 0.15) is 15.4 Å². The minimum absolute atomic E-state index is 0.355. The maximum absolute atomic E-state index is 10.8. The zero-order valence-corrected chi connectivity index (χ0v) is 10.1. The van der Waals surface area contributed by atoms with Gasteiger partial charge in [0.05, 0.1) is 12.2 Å². The van der Waals surface area contributed by atoms with Gasteiger partial charge in [-0.25, -0.2) is 4.79 Å². The smallest absolute Gasteiger partial charge is 0.345 e. The predicted molar refractivity (Wildman–Crippen MR) is 67.6 cm³/mol. The number of hydrogen-bond acceptors (Lipinski definition) is 4. The van der Waals surface area contributed by atoms with E-state index in [-0.39, 0.29) is 0 Å². The molecule has 0 saturated heterocycles. The van der Waals surface area contributed by atoms with Crippen molar-refractivity contribution in [3.63, 3.8) is 0 Å². The Morgan fingerprint density at radius 1 is 1.53 bits per heavy atom. The Kier molecular flexibility index (Phi) is 3.39. The summed E-state index contributed by atoms with van der Waals surface area (Å²) in [6.45, 7) is 0.663. The van der Waals surface area contributed by atoms with Crippen LogP contribution in [-0.4, -0.2) is 23.1 Å². The average Bonchev–Trinajstić information content (AvgIpc) is 2.79. The summed E-state index contributed by atoms with van der Waals surface area (Å²) in [6.07, 6.45) is 1.75. The van der Waals surface area contributed by atoms with Gasteiger partial charge < -0.3 is 10.0 Å². The first-order chi connectivity index (χ1) is 8.16. The molecule has 2 heterocycles. The Labute approximate surface area is 103 Å². The first kappa shape index (κ1) is 11.6. The number of aromatic nitrogens is 1. The van der Waals surface area contributed by atoms with Crippen molar-refractivity contribution in [2.75, 3.05) is 11.9 Å². The van der Waals surface area contributed by atoms with Gasteiger partial charge in [0.15, 0.2) is 0 Å². The van der Waals surface area contributed by atoms with Gasteiger partial charge in [-0.3, -0.25) is 4.98 Å². The third kappa shape index (κ3) is 2.82. The molecule has 0 aliphatic carbocycles. The first-order valence-electron chi connectivity index (χ1n) is 5.09. The number of carboxylic acids is 1. The summed E-state index contributed by atoms with van der Waals surface area (Å²) in [5, 5.41) is 10.7. The van der Waals surface area contributed by atoms with Crippen molar-refractivity contribution in [2.45, 2.75) is 6.54 Å². The SMILES string of the molecule is CN(Cc1ccccn1)c1csc(C(=O)O)c1. The highest BCUT2D eigenvalue weighted by molar-refractivity contribution is 7.12. The zero-order chi connectivity index (χ0) is 12.3. The van der Waals surface area contributed by atoms with E-state index in [9.17, 15) is 4.79 Å². The molecule has 4 nitrogen and oxygen atoms in total. The summed E-state index contributed by atoms with van der Waals surface area (Å²) in [6, 6.07) is 7.43. The molecule has 0 aliphatic rings. The average molecular weight is 248 g/mol. The minimum Gasteiger partial charge on any atom is -0.477 e. The number of pyridine rings is 1. The fourth-order valence-electron chi connectivity index (χ4n) is 1.46. The lowest BCUT2D eigenvalue weighted by molar-refractivity contribution is 0.0702. The summed E-state index contributed by atoms with van der Waals surface area (Å²) < 4.78 is 0. The molecule has 0 spiro atoms. The van der Waals surface area contributed by atoms with Gasteiger partial charge >= 0.3 is 5.97 Å². The van der Waals surface area contributed by atoms with Crippen LogP contribution in [0.5, 0.6) is 0 Å². The van der Waals surface area contributed by atoms with Gasteiger partial charge in [-0.15, -0.1) is 11.3 Å². The molecule has 2 aromatic rings. The van der Waals surface area contributed by atoms with Crippen molar-refractivity contribution in [1.82, 2.24) is 4.98 Å². The van der Waals surface area contributed by atoms with Crippen LogP contribution < -0.4 is 4.90 Å². The minimum atomic E-state index is -0.882. The zero-order valence-electron chi connectivity index (χ0n) is 9.33. The second kappa shape index (κ2) is 4.97. The standard InChI is InChI=1S/C12H12N2O2S/c1-14(7-9-4-2-3-5-13-9)10-6-11(12(15)16)17-8-10/h2-6,8H,7H2,1H3,(H,15,16). The third-order valence-electron chi connectivity index (χ3n) is 2.36. The van der Waals surface area contributed by atoms with Gasteiger partial charge in [-0.1, -0.05) is 6.07 Å². The molecule has 0 fully saturated rings. The number of anilines is 1. The van der Waals surface area contributed by atoms with Crippen LogP contribution in [0.2, 0.25) is 0 Å². The van der Waals surface area contributed by atoms with E-state index in [1.54, 1.807) is 12.3 Å². The predicted octanol–water partition coefficient (Wildman–Crippen LogP) is 2.48. The van der Waals surface area contributed by atoms with Crippen LogP contribution >= 0.6 is 11.3 Å².